The number of anilines is 1. The predicted octanol–water partition coefficient (Wildman–Crippen LogP) is 3.56. The number of aliphatic imine (C=N–C) groups is 1. The van der Waals surface area contributed by atoms with Crippen LogP contribution < -0.4 is 20.1 Å². The van der Waals surface area contributed by atoms with E-state index in [4.69, 9.17) is 9.47 Å². The van der Waals surface area contributed by atoms with Crippen LogP contribution in [0, 0.1) is 0 Å². The Morgan fingerprint density at radius 3 is 2.78 bits per heavy atom. The number of hydrogen-bond donors (Lipinski definition) is 3. The molecule has 0 bridgehead atoms. The average molecular weight is 364 g/mol. The second-order valence-electron chi connectivity index (χ2n) is 6.47. The third-order valence-corrected chi connectivity index (χ3v) is 4.51. The first-order chi connectivity index (χ1) is 13.3. The summed E-state index contributed by atoms with van der Waals surface area (Å²) in [4.78, 5) is 7.75. The van der Waals surface area contributed by atoms with Gasteiger partial charge in [0, 0.05) is 49.4 Å². The van der Waals surface area contributed by atoms with Crippen molar-refractivity contribution in [3.63, 3.8) is 0 Å². The second kappa shape index (κ2) is 8.03. The predicted molar refractivity (Wildman–Crippen MR) is 109 cm³/mol. The van der Waals surface area contributed by atoms with Crippen LogP contribution in [0.1, 0.15) is 12.1 Å². The highest BCUT2D eigenvalue weighted by Crippen LogP contribution is 2.32. The zero-order valence-electron chi connectivity index (χ0n) is 15.4. The Hall–Kier alpha value is -3.15. The summed E-state index contributed by atoms with van der Waals surface area (Å²) in [5.74, 6) is 2.28. The van der Waals surface area contributed by atoms with Crippen molar-refractivity contribution in [2.45, 2.75) is 12.8 Å². The molecule has 0 fully saturated rings. The lowest BCUT2D eigenvalue weighted by Crippen LogP contribution is -2.32. The summed E-state index contributed by atoms with van der Waals surface area (Å²) < 4.78 is 11.4. The molecule has 0 atom stereocenters. The second-order valence-corrected chi connectivity index (χ2v) is 6.47. The van der Waals surface area contributed by atoms with E-state index in [1.807, 2.05) is 24.3 Å². The normalized spacial score (nSPS) is 14.0. The molecule has 6 nitrogen and oxygen atoms in total. The fraction of sp³-hybridized carbons (Fsp3) is 0.286. The van der Waals surface area contributed by atoms with E-state index in [1.54, 1.807) is 7.05 Å². The molecule has 6 heteroatoms. The van der Waals surface area contributed by atoms with Gasteiger partial charge in [0.2, 0.25) is 0 Å². The smallest absolute Gasteiger partial charge is 0.195 e. The minimum atomic E-state index is 0.675. The fourth-order valence-electron chi connectivity index (χ4n) is 3.14. The molecule has 0 saturated heterocycles. The number of para-hydroxylation sites is 1. The molecule has 0 aliphatic carbocycles. The Labute approximate surface area is 158 Å². The monoisotopic (exact) mass is 364 g/mol. The summed E-state index contributed by atoms with van der Waals surface area (Å²) >= 11 is 0. The number of aromatic amines is 1. The van der Waals surface area contributed by atoms with Crippen LogP contribution in [0.3, 0.4) is 0 Å². The van der Waals surface area contributed by atoms with Crippen molar-refractivity contribution < 1.29 is 9.47 Å². The first-order valence-electron chi connectivity index (χ1n) is 9.26. The van der Waals surface area contributed by atoms with Crippen LogP contribution in [0.2, 0.25) is 0 Å². The minimum absolute atomic E-state index is 0.675. The van der Waals surface area contributed by atoms with Gasteiger partial charge in [0.15, 0.2) is 17.5 Å². The van der Waals surface area contributed by atoms with Crippen molar-refractivity contribution in [1.82, 2.24) is 10.3 Å². The van der Waals surface area contributed by atoms with Gasteiger partial charge in [-0.25, -0.2) is 0 Å². The highest BCUT2D eigenvalue weighted by atomic mass is 16.5. The van der Waals surface area contributed by atoms with E-state index in [2.05, 4.69) is 44.9 Å². The van der Waals surface area contributed by atoms with Gasteiger partial charge in [0.1, 0.15) is 0 Å². The molecule has 27 heavy (non-hydrogen) atoms. The molecule has 0 saturated carbocycles. The molecule has 4 rings (SSSR count). The Kier molecular flexibility index (Phi) is 5.14. The Bertz CT molecular complexity index is 915. The number of nitrogens with one attached hydrogen (secondary N) is 3. The number of fused-ring (bicyclic) bond motifs is 2. The van der Waals surface area contributed by atoms with Gasteiger partial charge in [-0.3, -0.25) is 4.99 Å². The van der Waals surface area contributed by atoms with E-state index >= 15 is 0 Å². The first kappa shape index (κ1) is 17.3. The van der Waals surface area contributed by atoms with Gasteiger partial charge in [0.25, 0.3) is 0 Å². The number of benzene rings is 2. The van der Waals surface area contributed by atoms with E-state index in [1.165, 1.54) is 16.6 Å². The molecule has 0 radical (unpaired) electrons. The Morgan fingerprint density at radius 1 is 1.07 bits per heavy atom. The van der Waals surface area contributed by atoms with Crippen LogP contribution in [0.15, 0.2) is 53.5 Å². The Morgan fingerprint density at radius 2 is 1.93 bits per heavy atom. The largest absolute Gasteiger partial charge is 0.490 e. The lowest BCUT2D eigenvalue weighted by molar-refractivity contribution is 0.297. The maximum Gasteiger partial charge on any atom is 0.195 e. The summed E-state index contributed by atoms with van der Waals surface area (Å²) in [5.41, 5.74) is 3.29. The number of rotatable bonds is 4. The quantitative estimate of drug-likeness (QED) is 0.489. The van der Waals surface area contributed by atoms with E-state index in [9.17, 15) is 0 Å². The lowest BCUT2D eigenvalue weighted by Gasteiger charge is -2.13. The molecule has 0 unspecified atom stereocenters. The summed E-state index contributed by atoms with van der Waals surface area (Å²) in [6.07, 6.45) is 1.78. The molecule has 1 aliphatic rings. The van der Waals surface area contributed by atoms with Crippen molar-refractivity contribution in [1.29, 1.82) is 0 Å². The number of H-pyrrole nitrogens is 1. The van der Waals surface area contributed by atoms with Crippen molar-refractivity contribution in [2.24, 2.45) is 4.99 Å². The first-order valence-corrected chi connectivity index (χ1v) is 9.26. The van der Waals surface area contributed by atoms with Crippen LogP contribution >= 0.6 is 0 Å². The lowest BCUT2D eigenvalue weighted by atomic mass is 10.2. The van der Waals surface area contributed by atoms with Gasteiger partial charge >= 0.3 is 0 Å². The van der Waals surface area contributed by atoms with Crippen LogP contribution in [0.25, 0.3) is 10.9 Å². The number of guanidine groups is 1. The molecule has 0 spiro atoms. The minimum Gasteiger partial charge on any atom is -0.490 e. The molecular formula is C21H24N4O2. The molecule has 2 aromatic carbocycles. The van der Waals surface area contributed by atoms with Crippen molar-refractivity contribution >= 4 is 22.5 Å². The van der Waals surface area contributed by atoms with E-state index in [0.717, 1.165) is 42.5 Å². The van der Waals surface area contributed by atoms with Gasteiger partial charge in [-0.05, 0) is 29.7 Å². The van der Waals surface area contributed by atoms with Crippen molar-refractivity contribution in [3.8, 4) is 11.5 Å². The van der Waals surface area contributed by atoms with E-state index in [0.29, 0.717) is 13.2 Å². The molecule has 1 aromatic heterocycles. The van der Waals surface area contributed by atoms with Crippen LogP contribution in [-0.2, 0) is 6.42 Å². The number of hydrogen-bond acceptors (Lipinski definition) is 3. The van der Waals surface area contributed by atoms with E-state index < -0.39 is 0 Å². The summed E-state index contributed by atoms with van der Waals surface area (Å²) in [5, 5.41) is 7.89. The third kappa shape index (κ3) is 4.16. The maximum absolute atomic E-state index is 5.74. The molecule has 2 heterocycles. The number of ether oxygens (including phenoxy) is 2. The molecular weight excluding hydrogens is 340 g/mol. The summed E-state index contributed by atoms with van der Waals surface area (Å²) in [6.45, 7) is 2.14. The van der Waals surface area contributed by atoms with Gasteiger partial charge in [-0.15, -0.1) is 0 Å². The van der Waals surface area contributed by atoms with Gasteiger partial charge in [0.05, 0.1) is 13.2 Å². The molecule has 3 N–H and O–H groups in total. The standard InChI is InChI=1S/C21H24N4O2/c1-22-21(23-10-9-17-13-15-5-2-3-6-18(15)24-17)25-16-7-8-19-20(14-16)27-12-4-11-26-19/h2-3,5-8,13-14,24H,4,9-12H2,1H3,(H2,22,23,25). The molecule has 0 amide bonds. The maximum atomic E-state index is 5.74. The zero-order chi connectivity index (χ0) is 18.5. The van der Waals surface area contributed by atoms with Gasteiger partial charge < -0.3 is 25.1 Å². The summed E-state index contributed by atoms with van der Waals surface area (Å²) in [6, 6.07) is 16.4. The third-order valence-electron chi connectivity index (χ3n) is 4.51. The topological polar surface area (TPSA) is 70.7 Å². The Balaban J connectivity index is 1.35. The van der Waals surface area contributed by atoms with Crippen molar-refractivity contribution in [3.05, 3.63) is 54.2 Å². The number of nitrogens with zero attached hydrogens (tertiary/aromatic N) is 1. The number of aromatic nitrogens is 1. The molecule has 140 valence electrons. The van der Waals surface area contributed by atoms with Crippen LogP contribution in [-0.4, -0.2) is 37.7 Å². The zero-order valence-corrected chi connectivity index (χ0v) is 15.4. The van der Waals surface area contributed by atoms with Gasteiger partial charge in [-0.1, -0.05) is 18.2 Å². The van der Waals surface area contributed by atoms with Crippen LogP contribution in [0.5, 0.6) is 11.5 Å². The summed E-state index contributed by atoms with van der Waals surface area (Å²) in [7, 11) is 1.77. The highest BCUT2D eigenvalue weighted by Gasteiger charge is 2.11. The molecule has 3 aromatic rings. The van der Waals surface area contributed by atoms with Crippen LogP contribution in [0.4, 0.5) is 5.69 Å². The molecule has 1 aliphatic heterocycles. The van der Waals surface area contributed by atoms with Crippen molar-refractivity contribution in [2.75, 3.05) is 32.1 Å². The van der Waals surface area contributed by atoms with Gasteiger partial charge in [-0.2, -0.15) is 0 Å². The average Bonchev–Trinajstić information content (AvgIpc) is 2.96. The highest BCUT2D eigenvalue weighted by molar-refractivity contribution is 5.93. The van der Waals surface area contributed by atoms with E-state index in [-0.39, 0.29) is 0 Å². The fourth-order valence-corrected chi connectivity index (χ4v) is 3.14. The SMILES string of the molecule is CN=C(NCCc1cc2ccccc2[nH]1)Nc1ccc2c(c1)OCCCO2.